The minimum atomic E-state index is -4.78. The minimum Gasteiger partial charge on any atom is -1.00 e. The zero-order chi connectivity index (χ0) is 11.1. The Kier molecular flexibility index (Phi) is 6.77. The maximum Gasteiger partial charge on any atom is 1.00 e. The van der Waals surface area contributed by atoms with Crippen molar-refractivity contribution in [2.75, 3.05) is 0 Å². The Morgan fingerprint density at radius 2 is 1.88 bits per heavy atom. The average molecular weight is 277 g/mol. The van der Waals surface area contributed by atoms with Gasteiger partial charge >= 0.3 is 66.9 Å². The molecule has 1 aliphatic heterocycles. The molecule has 1 unspecified atom stereocenters. The van der Waals surface area contributed by atoms with Crippen molar-refractivity contribution in [1.29, 1.82) is 0 Å². The molecule has 1 aromatic rings. The Morgan fingerprint density at radius 1 is 1.29 bits per heavy atom. The molecular formula is C8H10NNa2O5P. The maximum absolute atomic E-state index is 10.7. The van der Waals surface area contributed by atoms with E-state index in [2.05, 4.69) is 9.52 Å². The van der Waals surface area contributed by atoms with Crippen molar-refractivity contribution >= 4 is 19.7 Å². The van der Waals surface area contributed by atoms with Crippen molar-refractivity contribution in [3.63, 3.8) is 0 Å². The van der Waals surface area contributed by atoms with Crippen LogP contribution in [0.1, 0.15) is 8.42 Å². The fourth-order valence-corrected chi connectivity index (χ4v) is 1.88. The zero-order valence-corrected chi connectivity index (χ0v) is 14.3. The van der Waals surface area contributed by atoms with Gasteiger partial charge in [-0.1, -0.05) is 18.2 Å². The third kappa shape index (κ3) is 4.23. The Hall–Kier alpha value is 0.960. The molecule has 9 heteroatoms. The van der Waals surface area contributed by atoms with E-state index in [9.17, 15) is 9.67 Å². The molecule has 0 radical (unpaired) electrons. The van der Waals surface area contributed by atoms with E-state index in [1.54, 1.807) is 18.2 Å². The molecule has 0 aliphatic carbocycles. The van der Waals surface area contributed by atoms with Crippen molar-refractivity contribution in [1.82, 2.24) is 0 Å². The fourth-order valence-electron chi connectivity index (χ4n) is 1.37. The Bertz CT molecular complexity index is 486. The predicted octanol–water partition coefficient (Wildman–Crippen LogP) is -5.11. The van der Waals surface area contributed by atoms with Crippen LogP contribution in [0.5, 0.6) is 0 Å². The molecule has 2 rings (SSSR count). The van der Waals surface area contributed by atoms with Crippen LogP contribution in [0.15, 0.2) is 29.3 Å². The first kappa shape index (κ1) is 18.0. The zero-order valence-electron chi connectivity index (χ0n) is 11.4. The Morgan fingerprint density at radius 3 is 2.47 bits per heavy atom. The van der Waals surface area contributed by atoms with Crippen molar-refractivity contribution in [3.05, 3.63) is 29.8 Å². The number of phosphoric ester groups is 1. The largest absolute Gasteiger partial charge is 1.00 e. The molecule has 0 bridgehead atoms. The summed E-state index contributed by atoms with van der Waals surface area (Å²) in [5, 5.41) is 9.82. The van der Waals surface area contributed by atoms with Gasteiger partial charge in [-0.25, -0.2) is 9.09 Å². The first-order valence-corrected chi connectivity index (χ1v) is 5.57. The third-order valence-corrected chi connectivity index (χ3v) is 2.44. The van der Waals surface area contributed by atoms with Gasteiger partial charge < -0.3 is 17.7 Å². The van der Waals surface area contributed by atoms with Gasteiger partial charge in [-0.15, -0.1) is 0 Å². The van der Waals surface area contributed by atoms with Crippen LogP contribution in [0, 0.1) is 0 Å². The van der Waals surface area contributed by atoms with Gasteiger partial charge in [0.25, 0.3) is 0 Å². The summed E-state index contributed by atoms with van der Waals surface area (Å²) in [6.07, 6.45) is 0.955. The number of nitrogens with zero attached hydrogens (tertiary/aromatic N) is 1. The number of benzene rings is 1. The van der Waals surface area contributed by atoms with Gasteiger partial charge in [0.05, 0.1) is 11.9 Å². The molecule has 1 aliphatic rings. The van der Waals surface area contributed by atoms with E-state index in [0.29, 0.717) is 5.69 Å². The van der Waals surface area contributed by atoms with E-state index in [0.717, 1.165) is 6.21 Å². The summed E-state index contributed by atoms with van der Waals surface area (Å²) < 4.78 is 14.9. The van der Waals surface area contributed by atoms with E-state index in [1.165, 1.54) is 6.07 Å². The van der Waals surface area contributed by atoms with Crippen LogP contribution in [-0.4, -0.2) is 21.1 Å². The number of hydrogen-bond donors (Lipinski definition) is 3. The number of fused-ring (bicyclic) bond motifs is 1. The van der Waals surface area contributed by atoms with Crippen LogP contribution in [0.4, 0.5) is 5.69 Å². The topological polar surface area (TPSA) is 99.4 Å². The molecule has 1 heterocycles. The van der Waals surface area contributed by atoms with Crippen molar-refractivity contribution in [2.24, 2.45) is 4.99 Å². The molecule has 0 saturated carbocycles. The summed E-state index contributed by atoms with van der Waals surface area (Å²) in [5.41, 5.74) is 0.641. The quantitative estimate of drug-likeness (QED) is 0.285. The van der Waals surface area contributed by atoms with Crippen LogP contribution in [0.25, 0.3) is 0 Å². The van der Waals surface area contributed by atoms with Crippen LogP contribution < -0.4 is 59.1 Å². The first-order chi connectivity index (χ1) is 6.91. The Balaban J connectivity index is -0.000000640. The van der Waals surface area contributed by atoms with E-state index < -0.39 is 13.6 Å². The van der Waals surface area contributed by atoms with Crippen molar-refractivity contribution in [2.45, 2.75) is 5.79 Å². The van der Waals surface area contributed by atoms with Gasteiger partial charge in [-0.2, -0.15) is 0 Å². The van der Waals surface area contributed by atoms with Gasteiger partial charge in [0.15, 0.2) is 0 Å². The van der Waals surface area contributed by atoms with Gasteiger partial charge in [0.1, 0.15) is 0 Å². The molecule has 0 fully saturated rings. The molecular weight excluding hydrogens is 267 g/mol. The summed E-state index contributed by atoms with van der Waals surface area (Å²) in [4.78, 5) is 21.1. The van der Waals surface area contributed by atoms with Gasteiger partial charge in [0.2, 0.25) is 5.79 Å². The molecule has 3 N–H and O–H groups in total. The first-order valence-electron chi connectivity index (χ1n) is 4.04. The van der Waals surface area contributed by atoms with E-state index in [4.69, 9.17) is 9.79 Å². The van der Waals surface area contributed by atoms with E-state index in [1.807, 2.05) is 0 Å². The summed E-state index contributed by atoms with van der Waals surface area (Å²) in [5.74, 6) is -2.14. The number of phosphoric acid groups is 1. The molecule has 0 spiro atoms. The van der Waals surface area contributed by atoms with Gasteiger partial charge in [0, 0.05) is 5.56 Å². The molecule has 0 saturated heterocycles. The molecule has 17 heavy (non-hydrogen) atoms. The molecule has 0 amide bonds. The number of aliphatic imine (C=N–C) groups is 1. The normalized spacial score (nSPS) is 21.4. The predicted molar refractivity (Wildman–Crippen MR) is 53.8 cm³/mol. The molecule has 1 atom stereocenters. The standard InChI is InChI=1S/C8H8NO5P.2Na.2H/c10-8(14-15(11,12)13)5-9-7-4-2-1-3-6(7)8;;;;/h1-5,10H,(H2,11,12,13);;;;/q;2*+1;2*-1. The van der Waals surface area contributed by atoms with Crippen LogP contribution in [-0.2, 0) is 14.9 Å². The van der Waals surface area contributed by atoms with Crippen LogP contribution in [0.3, 0.4) is 0 Å². The van der Waals surface area contributed by atoms with Crippen molar-refractivity contribution in [3.8, 4) is 0 Å². The number of hydrogen-bond acceptors (Lipinski definition) is 4. The fraction of sp³-hybridized carbons (Fsp3) is 0.125. The second-order valence-electron chi connectivity index (χ2n) is 3.05. The minimum absolute atomic E-state index is 0. The number of para-hydroxylation sites is 1. The van der Waals surface area contributed by atoms with Gasteiger partial charge in [-0.05, 0) is 6.07 Å². The maximum atomic E-state index is 10.7. The van der Waals surface area contributed by atoms with Crippen LogP contribution >= 0.6 is 7.82 Å². The summed E-state index contributed by atoms with van der Waals surface area (Å²) in [7, 11) is -4.78. The molecule has 1 aromatic carbocycles. The summed E-state index contributed by atoms with van der Waals surface area (Å²) >= 11 is 0. The summed E-state index contributed by atoms with van der Waals surface area (Å²) in [6.45, 7) is 0. The van der Waals surface area contributed by atoms with E-state index in [-0.39, 0.29) is 67.5 Å². The monoisotopic (exact) mass is 277 g/mol. The van der Waals surface area contributed by atoms with Crippen molar-refractivity contribution < 1.29 is 85.9 Å². The molecule has 0 aromatic heterocycles. The average Bonchev–Trinajstić information content (AvgIpc) is 2.42. The Labute approximate surface area is 145 Å². The van der Waals surface area contributed by atoms with Crippen LogP contribution in [0.2, 0.25) is 0 Å². The SMILES string of the molecule is O=P(O)(O)OC1(O)C=Nc2ccccc21.[H-].[H-].[Na+].[Na+]. The third-order valence-electron chi connectivity index (χ3n) is 1.93. The summed E-state index contributed by atoms with van der Waals surface area (Å²) in [6, 6.07) is 6.39. The second kappa shape index (κ2) is 6.41. The number of rotatable bonds is 2. The molecule has 84 valence electrons. The van der Waals surface area contributed by atoms with E-state index >= 15 is 0 Å². The van der Waals surface area contributed by atoms with Gasteiger partial charge in [-0.3, -0.25) is 4.99 Å². The second-order valence-corrected chi connectivity index (χ2v) is 4.22. The number of aliphatic hydroxyl groups is 1. The smallest absolute Gasteiger partial charge is 1.00 e. The molecule has 6 nitrogen and oxygen atoms in total.